The second-order valence-corrected chi connectivity index (χ2v) is 3.76. The first-order chi connectivity index (χ1) is 8.06. The molecule has 0 aliphatic rings. The van der Waals surface area contributed by atoms with Gasteiger partial charge in [-0.15, -0.1) is 0 Å². The molecule has 0 radical (unpaired) electrons. The molecule has 1 heterocycles. The van der Waals surface area contributed by atoms with Gasteiger partial charge in [0.25, 0.3) is 5.69 Å². The smallest absolute Gasteiger partial charge is 0.274 e. The SMILES string of the molecule is Cc1ccc(Nc2ccn(C)n2)cc1[N+](=O)[O-]. The first kappa shape index (κ1) is 11.1. The lowest BCUT2D eigenvalue weighted by Gasteiger charge is -2.04. The van der Waals surface area contributed by atoms with Crippen LogP contribution >= 0.6 is 0 Å². The summed E-state index contributed by atoms with van der Waals surface area (Å²) in [5.41, 5.74) is 1.40. The second kappa shape index (κ2) is 4.25. The number of nitrogens with one attached hydrogen (secondary N) is 1. The van der Waals surface area contributed by atoms with Crippen LogP contribution in [0.2, 0.25) is 0 Å². The Morgan fingerprint density at radius 2 is 2.18 bits per heavy atom. The van der Waals surface area contributed by atoms with Gasteiger partial charge in [0.2, 0.25) is 0 Å². The van der Waals surface area contributed by atoms with E-state index in [9.17, 15) is 10.1 Å². The number of benzene rings is 1. The molecule has 0 aliphatic carbocycles. The number of hydrogen-bond acceptors (Lipinski definition) is 4. The van der Waals surface area contributed by atoms with Crippen LogP contribution in [0.4, 0.5) is 17.2 Å². The lowest BCUT2D eigenvalue weighted by molar-refractivity contribution is -0.385. The van der Waals surface area contributed by atoms with Crippen molar-refractivity contribution in [2.45, 2.75) is 6.92 Å². The maximum absolute atomic E-state index is 10.8. The number of aromatic nitrogens is 2. The van der Waals surface area contributed by atoms with E-state index in [0.29, 0.717) is 17.1 Å². The summed E-state index contributed by atoms with van der Waals surface area (Å²) in [6.45, 7) is 1.71. The molecule has 0 bridgehead atoms. The molecule has 0 spiro atoms. The third-order valence-corrected chi connectivity index (χ3v) is 2.39. The fraction of sp³-hybridized carbons (Fsp3) is 0.182. The van der Waals surface area contributed by atoms with Crippen LogP contribution in [0.5, 0.6) is 0 Å². The van der Waals surface area contributed by atoms with E-state index >= 15 is 0 Å². The van der Waals surface area contributed by atoms with Gasteiger partial charge in [0, 0.05) is 36.6 Å². The lowest BCUT2D eigenvalue weighted by atomic mass is 10.2. The molecule has 88 valence electrons. The van der Waals surface area contributed by atoms with Gasteiger partial charge in [0.15, 0.2) is 5.82 Å². The van der Waals surface area contributed by atoms with Gasteiger partial charge >= 0.3 is 0 Å². The molecule has 2 rings (SSSR count). The highest BCUT2D eigenvalue weighted by molar-refractivity contribution is 5.61. The van der Waals surface area contributed by atoms with E-state index in [2.05, 4.69) is 10.4 Å². The van der Waals surface area contributed by atoms with Gasteiger partial charge in [-0.05, 0) is 13.0 Å². The van der Waals surface area contributed by atoms with E-state index in [4.69, 9.17) is 0 Å². The summed E-state index contributed by atoms with van der Waals surface area (Å²) in [7, 11) is 1.81. The van der Waals surface area contributed by atoms with Crippen LogP contribution in [0.1, 0.15) is 5.56 Å². The van der Waals surface area contributed by atoms with Gasteiger partial charge in [-0.2, -0.15) is 5.10 Å². The summed E-state index contributed by atoms with van der Waals surface area (Å²) in [6.07, 6.45) is 1.80. The fourth-order valence-corrected chi connectivity index (χ4v) is 1.51. The molecule has 0 saturated carbocycles. The first-order valence-electron chi connectivity index (χ1n) is 5.08. The number of hydrogen-bond donors (Lipinski definition) is 1. The quantitative estimate of drug-likeness (QED) is 0.651. The van der Waals surface area contributed by atoms with Crippen molar-refractivity contribution in [2.24, 2.45) is 7.05 Å². The van der Waals surface area contributed by atoms with Crippen molar-refractivity contribution in [3.05, 3.63) is 46.1 Å². The van der Waals surface area contributed by atoms with Crippen molar-refractivity contribution >= 4 is 17.2 Å². The van der Waals surface area contributed by atoms with Gasteiger partial charge in [0.05, 0.1) is 4.92 Å². The Balaban J connectivity index is 2.28. The van der Waals surface area contributed by atoms with E-state index < -0.39 is 0 Å². The van der Waals surface area contributed by atoms with Gasteiger partial charge < -0.3 is 5.32 Å². The van der Waals surface area contributed by atoms with Crippen molar-refractivity contribution in [1.29, 1.82) is 0 Å². The van der Waals surface area contributed by atoms with Crippen molar-refractivity contribution < 1.29 is 4.92 Å². The summed E-state index contributed by atoms with van der Waals surface area (Å²) in [4.78, 5) is 10.4. The molecular formula is C11H12N4O2. The maximum atomic E-state index is 10.8. The number of rotatable bonds is 3. The van der Waals surface area contributed by atoms with E-state index in [1.165, 1.54) is 6.07 Å². The largest absolute Gasteiger partial charge is 0.339 e. The number of nitro groups is 1. The third kappa shape index (κ3) is 2.41. The summed E-state index contributed by atoms with van der Waals surface area (Å²) >= 11 is 0. The monoisotopic (exact) mass is 232 g/mol. The molecular weight excluding hydrogens is 220 g/mol. The summed E-state index contributed by atoms with van der Waals surface area (Å²) < 4.78 is 1.66. The van der Waals surface area contributed by atoms with Crippen LogP contribution < -0.4 is 5.32 Å². The normalized spacial score (nSPS) is 10.2. The van der Waals surface area contributed by atoms with Gasteiger partial charge in [-0.1, -0.05) is 6.07 Å². The lowest BCUT2D eigenvalue weighted by Crippen LogP contribution is -1.96. The molecule has 1 aromatic heterocycles. The van der Waals surface area contributed by atoms with Crippen LogP contribution in [0.25, 0.3) is 0 Å². The van der Waals surface area contributed by atoms with Crippen molar-refractivity contribution in [3.63, 3.8) is 0 Å². The molecule has 0 saturated heterocycles. The van der Waals surface area contributed by atoms with Gasteiger partial charge in [0.1, 0.15) is 0 Å². The maximum Gasteiger partial charge on any atom is 0.274 e. The highest BCUT2D eigenvalue weighted by atomic mass is 16.6. The summed E-state index contributed by atoms with van der Waals surface area (Å²) in [5, 5.41) is 17.9. The van der Waals surface area contributed by atoms with Crippen LogP contribution in [-0.4, -0.2) is 14.7 Å². The zero-order valence-corrected chi connectivity index (χ0v) is 9.54. The molecule has 0 atom stereocenters. The van der Waals surface area contributed by atoms with Crippen LogP contribution in [0.3, 0.4) is 0 Å². The topological polar surface area (TPSA) is 73.0 Å². The Morgan fingerprint density at radius 1 is 1.41 bits per heavy atom. The minimum atomic E-state index is -0.390. The Labute approximate surface area is 98.0 Å². The Hall–Kier alpha value is -2.37. The Kier molecular flexibility index (Phi) is 2.78. The van der Waals surface area contributed by atoms with E-state index in [1.54, 1.807) is 36.0 Å². The zero-order chi connectivity index (χ0) is 12.4. The number of nitrogens with zero attached hydrogens (tertiary/aromatic N) is 3. The molecule has 0 fully saturated rings. The van der Waals surface area contributed by atoms with Crippen molar-refractivity contribution in [1.82, 2.24) is 9.78 Å². The van der Waals surface area contributed by atoms with Crippen molar-refractivity contribution in [3.8, 4) is 0 Å². The summed E-state index contributed by atoms with van der Waals surface area (Å²) in [5.74, 6) is 0.658. The molecule has 2 aromatic rings. The van der Waals surface area contributed by atoms with E-state index in [1.807, 2.05) is 7.05 Å². The number of aryl methyl sites for hydroxylation is 2. The molecule has 6 heteroatoms. The molecule has 17 heavy (non-hydrogen) atoms. The fourth-order valence-electron chi connectivity index (χ4n) is 1.51. The zero-order valence-electron chi connectivity index (χ0n) is 9.54. The average Bonchev–Trinajstić information content (AvgIpc) is 2.66. The predicted octanol–water partition coefficient (Wildman–Crippen LogP) is 2.38. The van der Waals surface area contributed by atoms with Gasteiger partial charge in [-0.3, -0.25) is 14.8 Å². The minimum Gasteiger partial charge on any atom is -0.339 e. The molecule has 1 N–H and O–H groups in total. The molecule has 1 aromatic carbocycles. The number of anilines is 2. The number of nitro benzene ring substituents is 1. The van der Waals surface area contributed by atoms with E-state index in [0.717, 1.165) is 0 Å². The molecule has 0 unspecified atom stereocenters. The molecule has 0 amide bonds. The third-order valence-electron chi connectivity index (χ3n) is 2.39. The molecule has 6 nitrogen and oxygen atoms in total. The Bertz CT molecular complexity index is 562. The standard InChI is InChI=1S/C11H12N4O2/c1-8-3-4-9(7-10(8)15(16)17)12-11-5-6-14(2)13-11/h3-7H,1-2H3,(H,12,13). The highest BCUT2D eigenvalue weighted by Crippen LogP contribution is 2.24. The Morgan fingerprint density at radius 3 is 2.76 bits per heavy atom. The minimum absolute atomic E-state index is 0.103. The van der Waals surface area contributed by atoms with Crippen LogP contribution in [0.15, 0.2) is 30.5 Å². The second-order valence-electron chi connectivity index (χ2n) is 3.76. The van der Waals surface area contributed by atoms with Crippen LogP contribution in [-0.2, 0) is 7.05 Å². The van der Waals surface area contributed by atoms with Crippen molar-refractivity contribution in [2.75, 3.05) is 5.32 Å². The van der Waals surface area contributed by atoms with Crippen LogP contribution in [0, 0.1) is 17.0 Å². The predicted molar refractivity (Wildman–Crippen MR) is 64.3 cm³/mol. The van der Waals surface area contributed by atoms with E-state index in [-0.39, 0.29) is 10.6 Å². The summed E-state index contributed by atoms with van der Waals surface area (Å²) in [6, 6.07) is 6.80. The highest BCUT2D eigenvalue weighted by Gasteiger charge is 2.11. The molecule has 0 aliphatic heterocycles. The first-order valence-corrected chi connectivity index (χ1v) is 5.08. The van der Waals surface area contributed by atoms with Gasteiger partial charge in [-0.25, -0.2) is 0 Å². The average molecular weight is 232 g/mol.